The molecule has 0 fully saturated rings. The van der Waals surface area contributed by atoms with Crippen LogP contribution < -0.4 is 4.72 Å². The average molecular weight is 333 g/mol. The molecule has 0 radical (unpaired) electrons. The molecule has 0 spiro atoms. The van der Waals surface area contributed by atoms with Gasteiger partial charge in [0.05, 0.1) is 23.3 Å². The molecule has 0 aliphatic carbocycles. The van der Waals surface area contributed by atoms with Crippen LogP contribution in [0.3, 0.4) is 0 Å². The first-order valence-corrected chi connectivity index (χ1v) is 8.52. The highest BCUT2D eigenvalue weighted by molar-refractivity contribution is 7.92. The summed E-state index contributed by atoms with van der Waals surface area (Å²) in [5.41, 5.74) is 2.97. The van der Waals surface area contributed by atoms with E-state index in [-0.39, 0.29) is 4.90 Å². The Morgan fingerprint density at radius 2 is 1.61 bits per heavy atom. The number of anilines is 1. The van der Waals surface area contributed by atoms with E-state index >= 15 is 0 Å². The Morgan fingerprint density at radius 3 is 2.17 bits per heavy atom. The van der Waals surface area contributed by atoms with Gasteiger partial charge in [0.2, 0.25) is 0 Å². The van der Waals surface area contributed by atoms with Gasteiger partial charge in [-0.3, -0.25) is 4.72 Å². The summed E-state index contributed by atoms with van der Waals surface area (Å²) in [4.78, 5) is 11.9. The summed E-state index contributed by atoms with van der Waals surface area (Å²) in [5.74, 6) is -0.502. The molecule has 0 saturated heterocycles. The lowest BCUT2D eigenvalue weighted by molar-refractivity contribution is 0.0600. The number of rotatable bonds is 4. The van der Waals surface area contributed by atoms with Gasteiger partial charge in [-0.05, 0) is 50.1 Å². The van der Waals surface area contributed by atoms with E-state index in [1.165, 1.54) is 7.11 Å². The number of ether oxygens (including phenoxy) is 1. The van der Waals surface area contributed by atoms with E-state index in [1.807, 2.05) is 6.92 Å². The minimum atomic E-state index is -3.73. The van der Waals surface area contributed by atoms with Crippen molar-refractivity contribution in [2.75, 3.05) is 11.8 Å². The number of hydrogen-bond acceptors (Lipinski definition) is 4. The monoisotopic (exact) mass is 333 g/mol. The summed E-state index contributed by atoms with van der Waals surface area (Å²) in [5, 5.41) is 0. The molecule has 0 saturated carbocycles. The maximum absolute atomic E-state index is 12.5. The third-order valence-corrected chi connectivity index (χ3v) is 5.01. The summed E-state index contributed by atoms with van der Waals surface area (Å²) in [6, 6.07) is 9.88. The number of aryl methyl sites for hydroxylation is 2. The van der Waals surface area contributed by atoms with Crippen LogP contribution in [0.2, 0.25) is 0 Å². The molecule has 0 heterocycles. The van der Waals surface area contributed by atoms with Crippen LogP contribution in [0.5, 0.6) is 0 Å². The lowest BCUT2D eigenvalue weighted by Gasteiger charge is -2.15. The zero-order valence-corrected chi connectivity index (χ0v) is 14.3. The van der Waals surface area contributed by atoms with Crippen LogP contribution in [0.25, 0.3) is 0 Å². The van der Waals surface area contributed by atoms with Crippen LogP contribution in [0.15, 0.2) is 41.3 Å². The molecule has 0 aromatic heterocycles. The predicted molar refractivity (Wildman–Crippen MR) is 89.2 cm³/mol. The Morgan fingerprint density at radius 1 is 1.00 bits per heavy atom. The summed E-state index contributed by atoms with van der Waals surface area (Å²) >= 11 is 0. The van der Waals surface area contributed by atoms with Gasteiger partial charge < -0.3 is 4.74 Å². The second-order valence-corrected chi connectivity index (χ2v) is 7.02. The Hall–Kier alpha value is -2.34. The summed E-state index contributed by atoms with van der Waals surface area (Å²) in [7, 11) is -2.44. The van der Waals surface area contributed by atoms with Gasteiger partial charge in [-0.1, -0.05) is 23.8 Å². The van der Waals surface area contributed by atoms with Crippen molar-refractivity contribution < 1.29 is 17.9 Å². The van der Waals surface area contributed by atoms with Crippen LogP contribution in [0.1, 0.15) is 27.0 Å². The molecule has 1 N–H and O–H groups in total. The number of carbonyl (C=O) groups excluding carboxylic acids is 1. The van der Waals surface area contributed by atoms with E-state index in [1.54, 1.807) is 50.2 Å². The summed E-state index contributed by atoms with van der Waals surface area (Å²) < 4.78 is 32.4. The second kappa shape index (κ2) is 6.42. The fraction of sp³-hybridized carbons (Fsp3) is 0.235. The normalized spacial score (nSPS) is 11.1. The fourth-order valence-corrected chi connectivity index (χ4v) is 3.44. The highest BCUT2D eigenvalue weighted by Gasteiger charge is 2.20. The molecule has 5 nitrogen and oxygen atoms in total. The van der Waals surface area contributed by atoms with Gasteiger partial charge in [-0.2, -0.15) is 0 Å². The number of benzene rings is 2. The first-order chi connectivity index (χ1) is 10.8. The largest absolute Gasteiger partial charge is 0.465 e. The molecule has 2 aromatic carbocycles. The quantitative estimate of drug-likeness (QED) is 0.872. The molecule has 0 bridgehead atoms. The Labute approximate surface area is 136 Å². The fourth-order valence-electron chi connectivity index (χ4n) is 2.25. The van der Waals surface area contributed by atoms with E-state index in [0.29, 0.717) is 16.8 Å². The van der Waals surface area contributed by atoms with Gasteiger partial charge in [0.25, 0.3) is 10.0 Å². The highest BCUT2D eigenvalue weighted by Crippen LogP contribution is 2.27. The summed E-state index contributed by atoms with van der Waals surface area (Å²) in [6.07, 6.45) is 0. The van der Waals surface area contributed by atoms with Crippen LogP contribution in [-0.2, 0) is 14.8 Å². The van der Waals surface area contributed by atoms with Crippen LogP contribution in [0, 0.1) is 20.8 Å². The molecule has 23 heavy (non-hydrogen) atoms. The average Bonchev–Trinajstić information content (AvgIpc) is 2.51. The number of nitrogens with one attached hydrogen (secondary N) is 1. The maximum atomic E-state index is 12.5. The van der Waals surface area contributed by atoms with Crippen molar-refractivity contribution in [1.29, 1.82) is 0 Å². The Kier molecular flexibility index (Phi) is 4.75. The van der Waals surface area contributed by atoms with Crippen LogP contribution >= 0.6 is 0 Å². The molecule has 0 aliphatic rings. The van der Waals surface area contributed by atoms with Gasteiger partial charge in [-0.25, -0.2) is 13.2 Å². The molecule has 122 valence electrons. The molecule has 0 amide bonds. The first-order valence-electron chi connectivity index (χ1n) is 7.04. The van der Waals surface area contributed by atoms with Crippen molar-refractivity contribution in [2.45, 2.75) is 25.7 Å². The number of carbonyl (C=O) groups is 1. The maximum Gasteiger partial charge on any atom is 0.338 e. The lowest BCUT2D eigenvalue weighted by Crippen LogP contribution is -2.16. The minimum Gasteiger partial charge on any atom is -0.465 e. The zero-order chi connectivity index (χ0) is 17.2. The molecular weight excluding hydrogens is 314 g/mol. The standard InChI is InChI=1S/C17H19NO4S/c1-11-5-8-14(9-6-11)23(20,21)18-16-12(2)7-10-15(13(16)3)17(19)22-4/h5-10,18H,1-4H3. The van der Waals surface area contributed by atoms with Gasteiger partial charge in [0.15, 0.2) is 0 Å². The minimum absolute atomic E-state index is 0.172. The third kappa shape index (κ3) is 3.53. The number of hydrogen-bond donors (Lipinski definition) is 1. The molecular formula is C17H19NO4S. The van der Waals surface area contributed by atoms with Gasteiger partial charge in [0, 0.05) is 0 Å². The highest BCUT2D eigenvalue weighted by atomic mass is 32.2. The second-order valence-electron chi connectivity index (χ2n) is 5.34. The van der Waals surface area contributed by atoms with E-state index < -0.39 is 16.0 Å². The zero-order valence-electron chi connectivity index (χ0n) is 13.5. The van der Waals surface area contributed by atoms with E-state index in [2.05, 4.69) is 4.72 Å². The number of methoxy groups -OCH3 is 1. The van der Waals surface area contributed by atoms with E-state index in [0.717, 1.165) is 11.1 Å². The van der Waals surface area contributed by atoms with Crippen molar-refractivity contribution in [1.82, 2.24) is 0 Å². The van der Waals surface area contributed by atoms with Gasteiger partial charge in [0.1, 0.15) is 0 Å². The molecule has 0 atom stereocenters. The van der Waals surface area contributed by atoms with Crippen molar-refractivity contribution in [3.05, 3.63) is 58.7 Å². The Bertz CT molecular complexity index is 840. The van der Waals surface area contributed by atoms with E-state index in [9.17, 15) is 13.2 Å². The van der Waals surface area contributed by atoms with E-state index in [4.69, 9.17) is 4.74 Å². The number of esters is 1. The first kappa shape index (κ1) is 17.0. The topological polar surface area (TPSA) is 72.5 Å². The van der Waals surface area contributed by atoms with Crippen molar-refractivity contribution in [2.24, 2.45) is 0 Å². The van der Waals surface area contributed by atoms with Gasteiger partial charge >= 0.3 is 5.97 Å². The van der Waals surface area contributed by atoms with Crippen LogP contribution in [0.4, 0.5) is 5.69 Å². The van der Waals surface area contributed by atoms with Crippen molar-refractivity contribution in [3.63, 3.8) is 0 Å². The predicted octanol–water partition coefficient (Wildman–Crippen LogP) is 3.20. The molecule has 0 aliphatic heterocycles. The smallest absolute Gasteiger partial charge is 0.338 e. The van der Waals surface area contributed by atoms with Crippen LogP contribution in [-0.4, -0.2) is 21.5 Å². The lowest BCUT2D eigenvalue weighted by atomic mass is 10.0. The summed E-state index contributed by atoms with van der Waals surface area (Å²) in [6.45, 7) is 5.35. The van der Waals surface area contributed by atoms with Crippen molar-refractivity contribution in [3.8, 4) is 0 Å². The molecule has 0 unspecified atom stereocenters. The molecule has 6 heteroatoms. The SMILES string of the molecule is COC(=O)c1ccc(C)c(NS(=O)(=O)c2ccc(C)cc2)c1C. The third-order valence-electron chi connectivity index (χ3n) is 3.65. The van der Waals surface area contributed by atoms with Gasteiger partial charge in [-0.15, -0.1) is 0 Å². The molecule has 2 rings (SSSR count). The van der Waals surface area contributed by atoms with Crippen molar-refractivity contribution >= 4 is 21.7 Å². The Balaban J connectivity index is 2.47. The number of sulfonamides is 1. The molecule has 2 aromatic rings.